The number of carbonyl (C=O) groups excluding carboxylic acids is 1. The van der Waals surface area contributed by atoms with Crippen molar-refractivity contribution in [1.29, 1.82) is 0 Å². The number of rotatable bonds is 3. The van der Waals surface area contributed by atoms with Gasteiger partial charge in [-0.05, 0) is 12.8 Å². The Morgan fingerprint density at radius 3 is 3.15 bits per heavy atom. The predicted octanol–water partition coefficient (Wildman–Crippen LogP) is 1.51. The first kappa shape index (κ1) is 13.3. The van der Waals surface area contributed by atoms with Gasteiger partial charge in [0.1, 0.15) is 0 Å². The summed E-state index contributed by atoms with van der Waals surface area (Å²) in [5.74, 6) is -0.599. The van der Waals surface area contributed by atoms with E-state index in [1.807, 2.05) is 0 Å². The third kappa shape index (κ3) is 1.96. The minimum atomic E-state index is -0.355. The van der Waals surface area contributed by atoms with Gasteiger partial charge in [-0.3, -0.25) is 4.79 Å². The zero-order valence-corrected chi connectivity index (χ0v) is 11.7. The van der Waals surface area contributed by atoms with Gasteiger partial charge < -0.3 is 9.84 Å². The molecule has 0 saturated carbocycles. The van der Waals surface area contributed by atoms with Gasteiger partial charge in [-0.25, -0.2) is 9.50 Å². The van der Waals surface area contributed by atoms with E-state index >= 15 is 0 Å². The van der Waals surface area contributed by atoms with Gasteiger partial charge in [0.05, 0.1) is 18.7 Å². The fraction of sp³-hybridized carbons (Fsp3) is 0.462. The van der Waals surface area contributed by atoms with E-state index in [0.29, 0.717) is 23.6 Å². The van der Waals surface area contributed by atoms with Gasteiger partial charge in [0.2, 0.25) is 0 Å². The van der Waals surface area contributed by atoms with Crippen LogP contribution in [0.4, 0.5) is 0 Å². The van der Waals surface area contributed by atoms with Crippen molar-refractivity contribution in [2.24, 2.45) is 0 Å². The Morgan fingerprint density at radius 2 is 2.45 bits per heavy atom. The molecule has 106 valence electrons. The summed E-state index contributed by atoms with van der Waals surface area (Å²) in [5.41, 5.74) is 2.34. The van der Waals surface area contributed by atoms with Gasteiger partial charge in [0.15, 0.2) is 10.8 Å². The van der Waals surface area contributed by atoms with Gasteiger partial charge in [-0.15, -0.1) is 0 Å². The van der Waals surface area contributed by atoms with E-state index in [1.165, 1.54) is 7.11 Å². The molecule has 0 radical (unpaired) electrons. The number of fused-ring (bicyclic) bond motifs is 3. The van der Waals surface area contributed by atoms with Crippen LogP contribution in [0, 0.1) is 0 Å². The first-order valence-electron chi connectivity index (χ1n) is 6.38. The zero-order chi connectivity index (χ0) is 14.3. The number of aliphatic hydroxyl groups is 1. The van der Waals surface area contributed by atoms with E-state index in [-0.39, 0.29) is 24.4 Å². The lowest BCUT2D eigenvalue weighted by Crippen LogP contribution is -2.12. The van der Waals surface area contributed by atoms with E-state index in [2.05, 4.69) is 10.1 Å². The summed E-state index contributed by atoms with van der Waals surface area (Å²) in [6, 6.07) is 1.67. The number of aromatic nitrogens is 3. The Morgan fingerprint density at radius 1 is 1.65 bits per heavy atom. The standard InChI is InChI=1S/C13H14ClN3O3/c1-20-13(19)8-4-7(2-3-18)12-9(8)6-15-11-5-10(14)16-17(11)12/h5-8,18H,2-4H2,1H3. The molecular weight excluding hydrogens is 282 g/mol. The van der Waals surface area contributed by atoms with E-state index in [4.69, 9.17) is 16.3 Å². The first-order chi connectivity index (χ1) is 9.65. The van der Waals surface area contributed by atoms with Crippen molar-refractivity contribution in [3.05, 3.63) is 28.7 Å². The third-order valence-electron chi connectivity index (χ3n) is 3.77. The zero-order valence-electron chi connectivity index (χ0n) is 10.9. The molecule has 0 bridgehead atoms. The molecule has 0 fully saturated rings. The molecule has 7 heteroatoms. The minimum absolute atomic E-state index is 0.0422. The Hall–Kier alpha value is -1.66. The van der Waals surface area contributed by atoms with Crippen LogP contribution in [0.5, 0.6) is 0 Å². The molecule has 0 aliphatic heterocycles. The van der Waals surface area contributed by atoms with Crippen molar-refractivity contribution in [2.45, 2.75) is 24.7 Å². The lowest BCUT2D eigenvalue weighted by Gasteiger charge is -2.10. The van der Waals surface area contributed by atoms with Crippen LogP contribution in [0.25, 0.3) is 5.65 Å². The molecular formula is C13H14ClN3O3. The summed E-state index contributed by atoms with van der Waals surface area (Å²) in [6.07, 6.45) is 2.85. The summed E-state index contributed by atoms with van der Waals surface area (Å²) in [7, 11) is 1.37. The predicted molar refractivity (Wildman–Crippen MR) is 71.8 cm³/mol. The summed E-state index contributed by atoms with van der Waals surface area (Å²) < 4.78 is 6.52. The Labute approximate surface area is 120 Å². The molecule has 2 aromatic rings. The molecule has 0 aromatic carbocycles. The van der Waals surface area contributed by atoms with Crippen LogP contribution in [-0.4, -0.2) is 39.4 Å². The van der Waals surface area contributed by atoms with Crippen molar-refractivity contribution >= 4 is 23.2 Å². The highest BCUT2D eigenvalue weighted by atomic mass is 35.5. The number of halogens is 1. The molecule has 2 heterocycles. The number of nitrogens with zero attached hydrogens (tertiary/aromatic N) is 3. The third-order valence-corrected chi connectivity index (χ3v) is 3.95. The Balaban J connectivity index is 2.17. The van der Waals surface area contributed by atoms with Gasteiger partial charge in [-0.1, -0.05) is 11.6 Å². The van der Waals surface area contributed by atoms with Crippen molar-refractivity contribution in [2.75, 3.05) is 13.7 Å². The second kappa shape index (κ2) is 5.03. The van der Waals surface area contributed by atoms with Crippen LogP contribution in [0.2, 0.25) is 5.15 Å². The highest BCUT2D eigenvalue weighted by Crippen LogP contribution is 2.43. The summed E-state index contributed by atoms with van der Waals surface area (Å²) in [4.78, 5) is 16.2. The van der Waals surface area contributed by atoms with E-state index in [1.54, 1.807) is 16.8 Å². The smallest absolute Gasteiger partial charge is 0.313 e. The largest absolute Gasteiger partial charge is 0.469 e. The first-order valence-corrected chi connectivity index (χ1v) is 6.76. The molecule has 3 rings (SSSR count). The molecule has 1 aliphatic carbocycles. The van der Waals surface area contributed by atoms with Crippen LogP contribution >= 0.6 is 11.6 Å². The van der Waals surface area contributed by atoms with Crippen molar-refractivity contribution in [3.63, 3.8) is 0 Å². The monoisotopic (exact) mass is 295 g/mol. The Kier molecular flexibility index (Phi) is 3.35. The molecule has 2 unspecified atom stereocenters. The second-order valence-electron chi connectivity index (χ2n) is 4.86. The second-order valence-corrected chi connectivity index (χ2v) is 5.24. The maximum absolute atomic E-state index is 11.9. The lowest BCUT2D eigenvalue weighted by atomic mass is 10.00. The fourth-order valence-corrected chi connectivity index (χ4v) is 3.09. The van der Waals surface area contributed by atoms with Gasteiger partial charge in [0, 0.05) is 30.4 Å². The molecule has 0 amide bonds. The van der Waals surface area contributed by atoms with Gasteiger partial charge in [0.25, 0.3) is 0 Å². The highest BCUT2D eigenvalue weighted by molar-refractivity contribution is 6.29. The van der Waals surface area contributed by atoms with E-state index in [9.17, 15) is 9.90 Å². The molecule has 1 aliphatic rings. The number of esters is 1. The highest BCUT2D eigenvalue weighted by Gasteiger charge is 2.38. The molecule has 0 saturated heterocycles. The molecule has 2 aromatic heterocycles. The van der Waals surface area contributed by atoms with Crippen LogP contribution in [0.1, 0.15) is 35.9 Å². The van der Waals surface area contributed by atoms with Gasteiger partial charge >= 0.3 is 5.97 Å². The summed E-state index contributed by atoms with van der Waals surface area (Å²) in [5, 5.41) is 13.8. The van der Waals surface area contributed by atoms with Crippen LogP contribution < -0.4 is 0 Å². The van der Waals surface area contributed by atoms with Crippen LogP contribution in [0.15, 0.2) is 12.3 Å². The molecule has 6 nitrogen and oxygen atoms in total. The van der Waals surface area contributed by atoms with Crippen molar-refractivity contribution < 1.29 is 14.6 Å². The Bertz CT molecular complexity index is 670. The summed E-state index contributed by atoms with van der Waals surface area (Å²) >= 11 is 5.92. The minimum Gasteiger partial charge on any atom is -0.469 e. The molecule has 20 heavy (non-hydrogen) atoms. The molecule has 1 N–H and O–H groups in total. The van der Waals surface area contributed by atoms with E-state index < -0.39 is 0 Å². The number of methoxy groups -OCH3 is 1. The molecule has 2 atom stereocenters. The quantitative estimate of drug-likeness (QED) is 0.869. The van der Waals surface area contributed by atoms with Crippen molar-refractivity contribution in [3.8, 4) is 0 Å². The number of carbonyl (C=O) groups is 1. The maximum atomic E-state index is 11.9. The average Bonchev–Trinajstić information content (AvgIpc) is 2.98. The average molecular weight is 296 g/mol. The van der Waals surface area contributed by atoms with Crippen LogP contribution in [-0.2, 0) is 9.53 Å². The SMILES string of the molecule is COC(=O)C1CC(CCO)c2c1cnc1cc(Cl)nn21. The van der Waals surface area contributed by atoms with Crippen molar-refractivity contribution in [1.82, 2.24) is 14.6 Å². The van der Waals surface area contributed by atoms with E-state index in [0.717, 1.165) is 11.3 Å². The number of hydrogen-bond donors (Lipinski definition) is 1. The van der Waals surface area contributed by atoms with Gasteiger partial charge in [-0.2, -0.15) is 5.10 Å². The van der Waals surface area contributed by atoms with Crippen LogP contribution in [0.3, 0.4) is 0 Å². The lowest BCUT2D eigenvalue weighted by molar-refractivity contribution is -0.142. The fourth-order valence-electron chi connectivity index (χ4n) is 2.91. The maximum Gasteiger partial charge on any atom is 0.313 e. The molecule has 0 spiro atoms. The number of aliphatic hydroxyl groups excluding tert-OH is 1. The number of hydrogen-bond acceptors (Lipinski definition) is 5. The summed E-state index contributed by atoms with van der Waals surface area (Å²) in [6.45, 7) is 0.0524. The normalized spacial score (nSPS) is 21.1. The number of ether oxygens (including phenoxy) is 1. The topological polar surface area (TPSA) is 76.7 Å².